The molecular weight excluding hydrogens is 377 g/mol. The van der Waals surface area contributed by atoms with Gasteiger partial charge in [0.1, 0.15) is 11.6 Å². The summed E-state index contributed by atoms with van der Waals surface area (Å²) in [6.45, 7) is 6.71. The molecule has 0 saturated carbocycles. The van der Waals surface area contributed by atoms with Crippen molar-refractivity contribution in [3.05, 3.63) is 57.6 Å². The molecule has 0 bridgehead atoms. The van der Waals surface area contributed by atoms with Gasteiger partial charge >= 0.3 is 0 Å². The molecule has 1 aliphatic rings. The van der Waals surface area contributed by atoms with Crippen LogP contribution < -0.4 is 10.9 Å². The maximum atomic E-state index is 14.1. The quantitative estimate of drug-likeness (QED) is 0.751. The van der Waals surface area contributed by atoms with Crippen LogP contribution in [0, 0.1) is 5.82 Å². The molecule has 0 spiro atoms. The highest BCUT2D eigenvalue weighted by atomic mass is 19.1. The number of halogens is 1. The van der Waals surface area contributed by atoms with Gasteiger partial charge in [-0.15, -0.1) is 0 Å². The van der Waals surface area contributed by atoms with E-state index in [-0.39, 0.29) is 35.2 Å². The van der Waals surface area contributed by atoms with Crippen LogP contribution in [0.15, 0.2) is 35.1 Å². The van der Waals surface area contributed by atoms with E-state index in [0.29, 0.717) is 30.7 Å². The Morgan fingerprint density at radius 2 is 1.90 bits per heavy atom. The zero-order valence-electron chi connectivity index (χ0n) is 17.1. The number of amides is 1. The molecule has 0 radical (unpaired) electrons. The molecule has 0 saturated heterocycles. The van der Waals surface area contributed by atoms with E-state index in [4.69, 9.17) is 9.57 Å². The number of nitrogens with one attached hydrogen (secondary N) is 1. The summed E-state index contributed by atoms with van der Waals surface area (Å²) in [6, 6.07) is 7.54. The molecule has 0 fully saturated rings. The highest BCUT2D eigenvalue weighted by Crippen LogP contribution is 2.28. The van der Waals surface area contributed by atoms with E-state index in [1.165, 1.54) is 28.8 Å². The predicted octanol–water partition coefficient (Wildman–Crippen LogP) is 3.01. The van der Waals surface area contributed by atoms with Crippen LogP contribution in [0.3, 0.4) is 0 Å². The van der Waals surface area contributed by atoms with Crippen molar-refractivity contribution in [3.63, 3.8) is 0 Å². The Hall–Kier alpha value is -2.71. The third-order valence-corrected chi connectivity index (χ3v) is 4.54. The van der Waals surface area contributed by atoms with Crippen LogP contribution in [0.4, 0.5) is 15.9 Å². The summed E-state index contributed by atoms with van der Waals surface area (Å²) in [6.07, 6.45) is 0.462. The van der Waals surface area contributed by atoms with E-state index in [2.05, 4.69) is 5.32 Å². The highest BCUT2D eigenvalue weighted by molar-refractivity contribution is 6.01. The molecule has 0 unspecified atom stereocenters. The van der Waals surface area contributed by atoms with Gasteiger partial charge in [-0.3, -0.25) is 19.0 Å². The second-order valence-corrected chi connectivity index (χ2v) is 7.85. The van der Waals surface area contributed by atoms with Crippen molar-refractivity contribution in [3.8, 4) is 0 Å². The Morgan fingerprint density at radius 1 is 1.17 bits per heavy atom. The van der Waals surface area contributed by atoms with Gasteiger partial charge in [0.15, 0.2) is 0 Å². The molecule has 2 heterocycles. The number of ether oxygens (including phenoxy) is 1. The lowest BCUT2D eigenvalue weighted by Crippen LogP contribution is -2.41. The number of rotatable bonds is 6. The fourth-order valence-corrected chi connectivity index (χ4v) is 3.09. The molecule has 1 aromatic heterocycles. The fraction of sp³-hybridized carbons (Fsp3) is 0.429. The lowest BCUT2D eigenvalue weighted by molar-refractivity contribution is -0.148. The van der Waals surface area contributed by atoms with Crippen molar-refractivity contribution in [1.82, 2.24) is 9.63 Å². The Morgan fingerprint density at radius 3 is 2.59 bits per heavy atom. The second kappa shape index (κ2) is 8.34. The van der Waals surface area contributed by atoms with Crippen LogP contribution >= 0.6 is 0 Å². The van der Waals surface area contributed by atoms with Gasteiger partial charge < -0.3 is 10.1 Å². The molecule has 1 aromatic carbocycles. The summed E-state index contributed by atoms with van der Waals surface area (Å²) in [5.41, 5.74) is 0.529. The lowest BCUT2D eigenvalue weighted by atomic mass is 10.0. The number of para-hydroxylation sites is 1. The zero-order chi connectivity index (χ0) is 21.2. The molecule has 0 aliphatic carbocycles. The summed E-state index contributed by atoms with van der Waals surface area (Å²) in [5.74, 6) is -0.619. The van der Waals surface area contributed by atoms with Crippen molar-refractivity contribution >= 4 is 17.4 Å². The summed E-state index contributed by atoms with van der Waals surface area (Å²) in [5, 5.41) is 4.18. The van der Waals surface area contributed by atoms with Gasteiger partial charge in [-0.25, -0.2) is 9.45 Å². The van der Waals surface area contributed by atoms with Crippen LogP contribution in [0.1, 0.15) is 36.7 Å². The third-order valence-electron chi connectivity index (χ3n) is 4.54. The van der Waals surface area contributed by atoms with E-state index in [1.807, 2.05) is 20.8 Å². The lowest BCUT2D eigenvalue weighted by Gasteiger charge is -2.30. The third kappa shape index (κ3) is 4.83. The Bertz CT molecular complexity index is 965. The topological polar surface area (TPSA) is 72.8 Å². The molecule has 156 valence electrons. The molecule has 3 rings (SSSR count). The van der Waals surface area contributed by atoms with E-state index < -0.39 is 5.82 Å². The first-order valence-electron chi connectivity index (χ1n) is 9.50. The van der Waals surface area contributed by atoms with Gasteiger partial charge in [-0.05, 0) is 44.9 Å². The number of hydrogen-bond donors (Lipinski definition) is 1. The summed E-state index contributed by atoms with van der Waals surface area (Å²) in [4.78, 5) is 31.0. The number of fused-ring (bicyclic) bond motifs is 1. The monoisotopic (exact) mass is 403 g/mol. The van der Waals surface area contributed by atoms with Crippen molar-refractivity contribution < 1.29 is 18.8 Å². The van der Waals surface area contributed by atoms with Gasteiger partial charge in [0, 0.05) is 13.1 Å². The maximum Gasteiger partial charge on any atom is 0.281 e. The van der Waals surface area contributed by atoms with E-state index in [0.717, 1.165) is 0 Å². The minimum atomic E-state index is -0.478. The molecule has 1 aliphatic heterocycles. The second-order valence-electron chi connectivity index (χ2n) is 7.85. The fourth-order valence-electron chi connectivity index (χ4n) is 3.09. The molecular formula is C21H26FN3O4. The van der Waals surface area contributed by atoms with Gasteiger partial charge in [-0.2, -0.15) is 0 Å². The molecule has 29 heavy (non-hydrogen) atoms. The van der Waals surface area contributed by atoms with Crippen molar-refractivity contribution in [2.24, 2.45) is 7.05 Å². The first-order valence-corrected chi connectivity index (χ1v) is 9.50. The van der Waals surface area contributed by atoms with Gasteiger partial charge in [0.05, 0.1) is 36.6 Å². The molecule has 7 nitrogen and oxygen atoms in total. The molecule has 1 amide bonds. The smallest absolute Gasteiger partial charge is 0.281 e. The number of benzene rings is 1. The summed E-state index contributed by atoms with van der Waals surface area (Å²) < 4.78 is 21.0. The Labute approximate surface area is 169 Å². The van der Waals surface area contributed by atoms with E-state index in [1.54, 1.807) is 18.2 Å². The minimum absolute atomic E-state index is 0.181. The molecule has 1 N–H and O–H groups in total. The SMILES string of the molecule is Cn1c(Nc2ccccc2F)c2c(cc1=O)CCN(OCCOC(C)(C)C)C2=O. The predicted molar refractivity (Wildman–Crippen MR) is 108 cm³/mol. The van der Waals surface area contributed by atoms with Gasteiger partial charge in [0.25, 0.3) is 11.5 Å². The van der Waals surface area contributed by atoms with Crippen molar-refractivity contribution in [2.75, 3.05) is 25.1 Å². The maximum absolute atomic E-state index is 14.1. The summed E-state index contributed by atoms with van der Waals surface area (Å²) in [7, 11) is 1.54. The standard InChI is InChI=1S/C21H26FN3O4/c1-21(2,3)28-11-12-29-25-10-9-14-13-17(26)24(4)19(18(14)20(25)27)23-16-8-6-5-7-15(16)22/h5-8,13,23H,9-12H2,1-4H3. The van der Waals surface area contributed by atoms with E-state index in [9.17, 15) is 14.0 Å². The number of hydroxylamine groups is 2. The minimum Gasteiger partial charge on any atom is -0.373 e. The van der Waals surface area contributed by atoms with Crippen LogP contribution in [0.25, 0.3) is 0 Å². The van der Waals surface area contributed by atoms with Gasteiger partial charge in [-0.1, -0.05) is 12.1 Å². The van der Waals surface area contributed by atoms with Crippen molar-refractivity contribution in [2.45, 2.75) is 32.8 Å². The van der Waals surface area contributed by atoms with Crippen LogP contribution in [0.5, 0.6) is 0 Å². The van der Waals surface area contributed by atoms with E-state index >= 15 is 0 Å². The van der Waals surface area contributed by atoms with Crippen LogP contribution in [-0.2, 0) is 23.0 Å². The number of hydrogen-bond acceptors (Lipinski definition) is 5. The average molecular weight is 403 g/mol. The molecule has 8 heteroatoms. The first-order chi connectivity index (χ1) is 13.7. The first kappa shape index (κ1) is 21.0. The number of nitrogens with zero attached hydrogens (tertiary/aromatic N) is 2. The Balaban J connectivity index is 1.86. The number of carbonyl (C=O) groups excluding carboxylic acids is 1. The van der Waals surface area contributed by atoms with Crippen LogP contribution in [0.2, 0.25) is 0 Å². The zero-order valence-corrected chi connectivity index (χ0v) is 17.1. The number of carbonyl (C=O) groups is 1. The van der Waals surface area contributed by atoms with Crippen LogP contribution in [-0.4, -0.2) is 40.9 Å². The Kier molecular flexibility index (Phi) is 6.04. The number of anilines is 2. The van der Waals surface area contributed by atoms with Gasteiger partial charge in [0.2, 0.25) is 0 Å². The molecule has 0 atom stereocenters. The number of aromatic nitrogens is 1. The summed E-state index contributed by atoms with van der Waals surface area (Å²) >= 11 is 0. The highest BCUT2D eigenvalue weighted by Gasteiger charge is 2.30. The normalized spacial score (nSPS) is 14.1. The largest absolute Gasteiger partial charge is 0.373 e. The van der Waals surface area contributed by atoms with Crippen molar-refractivity contribution in [1.29, 1.82) is 0 Å². The molecule has 2 aromatic rings. The average Bonchev–Trinajstić information content (AvgIpc) is 2.65. The number of pyridine rings is 1.